The van der Waals surface area contributed by atoms with Crippen molar-refractivity contribution in [2.75, 3.05) is 7.11 Å². The Bertz CT molecular complexity index is 774. The predicted octanol–water partition coefficient (Wildman–Crippen LogP) is 3.81. The Balaban J connectivity index is 1.67. The number of methoxy groups -OCH3 is 1. The lowest BCUT2D eigenvalue weighted by molar-refractivity contribution is -0.154. The molecule has 1 saturated carbocycles. The number of carbonyl (C=O) groups is 2. The molecule has 5 heteroatoms. The number of ketones is 1. The van der Waals surface area contributed by atoms with Crippen molar-refractivity contribution in [3.05, 3.63) is 71.8 Å². The summed E-state index contributed by atoms with van der Waals surface area (Å²) in [6.45, 7) is 2.29. The molecule has 0 aliphatic heterocycles. The molecule has 0 spiro atoms. The molecule has 2 aromatic carbocycles. The fourth-order valence-electron chi connectivity index (χ4n) is 3.67. The minimum atomic E-state index is -0.528. The molecular formula is C23H26O5. The van der Waals surface area contributed by atoms with Crippen LogP contribution in [0.1, 0.15) is 35.7 Å². The monoisotopic (exact) mass is 382 g/mol. The minimum absolute atomic E-state index is 0.0828. The van der Waals surface area contributed by atoms with Crippen molar-refractivity contribution in [3.63, 3.8) is 0 Å². The zero-order valence-electron chi connectivity index (χ0n) is 16.2. The van der Waals surface area contributed by atoms with Gasteiger partial charge in [0.05, 0.1) is 24.2 Å². The summed E-state index contributed by atoms with van der Waals surface area (Å²) in [6, 6.07) is 18.6. The second-order valence-electron chi connectivity index (χ2n) is 7.04. The summed E-state index contributed by atoms with van der Waals surface area (Å²) in [7, 11) is 1.55. The SMILES string of the molecule is CO[C@H]1[C@H]([C@H](C)OCc2ccccc2)C(=O)CC[C@H]1OC(=O)c1ccccc1. The van der Waals surface area contributed by atoms with Crippen LogP contribution in [0.25, 0.3) is 0 Å². The van der Waals surface area contributed by atoms with Crippen molar-refractivity contribution in [3.8, 4) is 0 Å². The van der Waals surface area contributed by atoms with Crippen molar-refractivity contribution in [1.82, 2.24) is 0 Å². The second kappa shape index (κ2) is 9.62. The van der Waals surface area contributed by atoms with Crippen LogP contribution in [-0.4, -0.2) is 37.2 Å². The fraction of sp³-hybridized carbons (Fsp3) is 0.391. The van der Waals surface area contributed by atoms with Gasteiger partial charge in [0.1, 0.15) is 18.0 Å². The molecule has 3 rings (SSSR count). The lowest BCUT2D eigenvalue weighted by atomic mass is 9.80. The lowest BCUT2D eigenvalue weighted by Crippen LogP contribution is -2.50. The molecule has 0 radical (unpaired) electrons. The molecular weight excluding hydrogens is 356 g/mol. The van der Waals surface area contributed by atoms with Crippen LogP contribution >= 0.6 is 0 Å². The maximum atomic E-state index is 12.6. The summed E-state index contributed by atoms with van der Waals surface area (Å²) in [5, 5.41) is 0. The molecule has 1 aliphatic carbocycles. The molecule has 148 valence electrons. The summed E-state index contributed by atoms with van der Waals surface area (Å²) in [5.41, 5.74) is 1.53. The number of Topliss-reactive ketones (excluding diaryl/α,β-unsaturated/α-hetero) is 1. The van der Waals surface area contributed by atoms with E-state index >= 15 is 0 Å². The van der Waals surface area contributed by atoms with Crippen molar-refractivity contribution in [1.29, 1.82) is 0 Å². The Hall–Kier alpha value is -2.50. The summed E-state index contributed by atoms with van der Waals surface area (Å²) in [4.78, 5) is 25.1. The number of esters is 1. The van der Waals surface area contributed by atoms with Gasteiger partial charge in [-0.15, -0.1) is 0 Å². The standard InChI is InChI=1S/C23H26O5/c1-16(27-15-17-9-5-3-6-10-17)21-19(24)13-14-20(22(21)26-2)28-23(25)18-11-7-4-8-12-18/h3-12,16,20-22H,13-15H2,1-2H3/t16-,20+,21+,22+/m0/s1. The molecule has 0 bridgehead atoms. The minimum Gasteiger partial charge on any atom is -0.456 e. The smallest absolute Gasteiger partial charge is 0.338 e. The highest BCUT2D eigenvalue weighted by molar-refractivity contribution is 5.89. The average Bonchev–Trinajstić information content (AvgIpc) is 2.74. The zero-order chi connectivity index (χ0) is 19.9. The molecule has 2 aromatic rings. The van der Waals surface area contributed by atoms with Gasteiger partial charge in [-0.25, -0.2) is 4.79 Å². The van der Waals surface area contributed by atoms with E-state index in [0.29, 0.717) is 25.0 Å². The number of benzene rings is 2. The van der Waals surface area contributed by atoms with Gasteiger partial charge in [0.2, 0.25) is 0 Å². The highest BCUT2D eigenvalue weighted by Crippen LogP contribution is 2.31. The molecule has 0 aromatic heterocycles. The van der Waals surface area contributed by atoms with Crippen molar-refractivity contribution >= 4 is 11.8 Å². The van der Waals surface area contributed by atoms with Crippen molar-refractivity contribution < 1.29 is 23.8 Å². The van der Waals surface area contributed by atoms with Gasteiger partial charge in [-0.2, -0.15) is 0 Å². The Morgan fingerprint density at radius 1 is 1.07 bits per heavy atom. The summed E-state index contributed by atoms with van der Waals surface area (Å²) >= 11 is 0. The van der Waals surface area contributed by atoms with Crippen molar-refractivity contribution in [2.24, 2.45) is 5.92 Å². The number of hydrogen-bond donors (Lipinski definition) is 0. The molecule has 5 nitrogen and oxygen atoms in total. The lowest BCUT2D eigenvalue weighted by Gasteiger charge is -2.38. The number of rotatable bonds is 7. The van der Waals surface area contributed by atoms with Gasteiger partial charge in [-0.3, -0.25) is 4.79 Å². The van der Waals surface area contributed by atoms with E-state index in [1.54, 1.807) is 31.4 Å². The Labute approximate surface area is 165 Å². The maximum absolute atomic E-state index is 12.6. The van der Waals surface area contributed by atoms with Gasteiger partial charge in [0, 0.05) is 13.5 Å². The maximum Gasteiger partial charge on any atom is 0.338 e. The number of ether oxygens (including phenoxy) is 3. The van der Waals surface area contributed by atoms with E-state index < -0.39 is 24.1 Å². The van der Waals surface area contributed by atoms with Gasteiger partial charge < -0.3 is 14.2 Å². The molecule has 0 unspecified atom stereocenters. The van der Waals surface area contributed by atoms with Crippen LogP contribution < -0.4 is 0 Å². The normalized spacial score (nSPS) is 23.2. The first-order valence-corrected chi connectivity index (χ1v) is 9.57. The number of carbonyl (C=O) groups excluding carboxylic acids is 2. The first-order valence-electron chi connectivity index (χ1n) is 9.57. The van der Waals surface area contributed by atoms with Gasteiger partial charge >= 0.3 is 5.97 Å². The summed E-state index contributed by atoms with van der Waals surface area (Å²) in [6.07, 6.45) is -0.563. The van der Waals surface area contributed by atoms with Gasteiger partial charge in [-0.05, 0) is 31.0 Å². The van der Waals surface area contributed by atoms with Crippen LogP contribution in [0.5, 0.6) is 0 Å². The van der Waals surface area contributed by atoms with Crippen LogP contribution in [0.15, 0.2) is 60.7 Å². The van der Waals surface area contributed by atoms with E-state index in [-0.39, 0.29) is 11.9 Å². The second-order valence-corrected chi connectivity index (χ2v) is 7.04. The summed E-state index contributed by atoms with van der Waals surface area (Å²) < 4.78 is 17.3. The summed E-state index contributed by atoms with van der Waals surface area (Å²) in [5.74, 6) is -0.797. The van der Waals surface area contributed by atoms with Crippen LogP contribution in [0, 0.1) is 5.92 Å². The van der Waals surface area contributed by atoms with Gasteiger partial charge in [-0.1, -0.05) is 48.5 Å². The van der Waals surface area contributed by atoms with E-state index in [1.807, 2.05) is 43.3 Å². The van der Waals surface area contributed by atoms with E-state index in [0.717, 1.165) is 5.56 Å². The highest BCUT2D eigenvalue weighted by atomic mass is 16.6. The zero-order valence-corrected chi connectivity index (χ0v) is 16.2. The van der Waals surface area contributed by atoms with E-state index in [2.05, 4.69) is 0 Å². The van der Waals surface area contributed by atoms with E-state index in [9.17, 15) is 9.59 Å². The average molecular weight is 382 g/mol. The Morgan fingerprint density at radius 2 is 1.71 bits per heavy atom. The van der Waals surface area contributed by atoms with E-state index in [1.165, 1.54) is 0 Å². The number of hydrogen-bond acceptors (Lipinski definition) is 5. The molecule has 0 saturated heterocycles. The quantitative estimate of drug-likeness (QED) is 0.682. The fourth-order valence-corrected chi connectivity index (χ4v) is 3.67. The predicted molar refractivity (Wildman–Crippen MR) is 105 cm³/mol. The van der Waals surface area contributed by atoms with Crippen molar-refractivity contribution in [2.45, 2.75) is 44.7 Å². The van der Waals surface area contributed by atoms with E-state index in [4.69, 9.17) is 14.2 Å². The van der Waals surface area contributed by atoms with Crippen LogP contribution in [0.2, 0.25) is 0 Å². The third-order valence-electron chi connectivity index (χ3n) is 5.17. The Morgan fingerprint density at radius 3 is 2.36 bits per heavy atom. The van der Waals surface area contributed by atoms with Crippen LogP contribution in [0.4, 0.5) is 0 Å². The molecule has 0 N–H and O–H groups in total. The largest absolute Gasteiger partial charge is 0.456 e. The molecule has 0 amide bonds. The molecule has 1 fully saturated rings. The molecule has 1 aliphatic rings. The first kappa shape index (κ1) is 20.2. The third-order valence-corrected chi connectivity index (χ3v) is 5.17. The van der Waals surface area contributed by atoms with Gasteiger partial charge in [0.15, 0.2) is 0 Å². The molecule has 0 heterocycles. The first-order chi connectivity index (χ1) is 13.6. The Kier molecular flexibility index (Phi) is 6.95. The van der Waals surface area contributed by atoms with Gasteiger partial charge in [0.25, 0.3) is 0 Å². The van der Waals surface area contributed by atoms with Crippen LogP contribution in [0.3, 0.4) is 0 Å². The topological polar surface area (TPSA) is 61.8 Å². The molecule has 28 heavy (non-hydrogen) atoms. The molecule has 4 atom stereocenters. The third kappa shape index (κ3) is 4.86. The highest BCUT2D eigenvalue weighted by Gasteiger charge is 2.44. The van der Waals surface area contributed by atoms with Crippen LogP contribution in [-0.2, 0) is 25.6 Å².